The van der Waals surface area contributed by atoms with Crippen molar-refractivity contribution in [1.29, 1.82) is 0 Å². The van der Waals surface area contributed by atoms with E-state index in [1.807, 2.05) is 44.2 Å². The van der Waals surface area contributed by atoms with Gasteiger partial charge in [-0.05, 0) is 74.4 Å². The smallest absolute Gasteiger partial charge is 0.253 e. The Kier molecular flexibility index (Phi) is 8.51. The Hall–Kier alpha value is -2.69. The van der Waals surface area contributed by atoms with E-state index < -0.39 is 0 Å². The number of ether oxygens (including phenoxy) is 1. The average Bonchev–Trinajstić information content (AvgIpc) is 2.80. The van der Waals surface area contributed by atoms with Crippen LogP contribution in [0.25, 0.3) is 16.5 Å². The molecule has 1 heterocycles. The molecule has 0 saturated carbocycles. The van der Waals surface area contributed by atoms with Gasteiger partial charge in [0.2, 0.25) is 0 Å². The fourth-order valence-corrected chi connectivity index (χ4v) is 4.55. The molecule has 0 atom stereocenters. The minimum absolute atomic E-state index is 0.0458. The highest BCUT2D eigenvalue weighted by Crippen LogP contribution is 2.36. The molecule has 0 radical (unpaired) electrons. The van der Waals surface area contributed by atoms with Gasteiger partial charge < -0.3 is 14.4 Å². The summed E-state index contributed by atoms with van der Waals surface area (Å²) in [7, 11) is 1.60. The van der Waals surface area contributed by atoms with E-state index in [4.69, 9.17) is 27.9 Å². The van der Waals surface area contributed by atoms with Gasteiger partial charge in [0.1, 0.15) is 5.75 Å². The molecule has 0 aliphatic carbocycles. The highest BCUT2D eigenvalue weighted by Gasteiger charge is 2.17. The van der Waals surface area contributed by atoms with Crippen molar-refractivity contribution >= 4 is 39.7 Å². The first-order chi connectivity index (χ1) is 16.2. The fraction of sp³-hybridized carbons (Fsp3) is 0.321. The lowest BCUT2D eigenvalue weighted by atomic mass is 9.94. The van der Waals surface area contributed by atoms with Gasteiger partial charge >= 0.3 is 0 Å². The van der Waals surface area contributed by atoms with Crippen LogP contribution in [0, 0.1) is 6.92 Å². The van der Waals surface area contributed by atoms with Gasteiger partial charge in [-0.3, -0.25) is 4.79 Å². The summed E-state index contributed by atoms with van der Waals surface area (Å²) >= 11 is 12.2. The third kappa shape index (κ3) is 5.51. The molecule has 34 heavy (non-hydrogen) atoms. The van der Waals surface area contributed by atoms with Gasteiger partial charge in [-0.1, -0.05) is 48.7 Å². The molecule has 6 heteroatoms. The number of rotatable bonds is 8. The topological polar surface area (TPSA) is 51.5 Å². The van der Waals surface area contributed by atoms with Gasteiger partial charge in [-0.2, -0.15) is 0 Å². The Labute approximate surface area is 211 Å². The summed E-state index contributed by atoms with van der Waals surface area (Å²) in [5.41, 5.74) is 4.92. The van der Waals surface area contributed by atoms with Crippen molar-refractivity contribution in [1.82, 2.24) is 4.57 Å². The second-order valence-corrected chi connectivity index (χ2v) is 9.34. The van der Waals surface area contributed by atoms with Crippen LogP contribution in [0.3, 0.4) is 0 Å². The van der Waals surface area contributed by atoms with Crippen molar-refractivity contribution in [2.75, 3.05) is 7.11 Å². The number of pyridine rings is 1. The summed E-state index contributed by atoms with van der Waals surface area (Å²) in [4.78, 5) is 13.1. The molecule has 0 unspecified atom stereocenters. The molecule has 0 amide bonds. The number of aryl methyl sites for hydroxylation is 3. The standard InChI is InChI=1S/C28H31Cl2NO3/c1-6-7-8-17(2)27(19(4)32)22-15-21-13-18(3)28(33)31(25(21)16-26(22)34-5)12-11-20-9-10-23(29)24(30)14-20/h8-10,13-16,32H,6-7,11-12H2,1-5H3/b17-8+,27-19+. The number of nitrogens with zero attached hydrogens (tertiary/aromatic N) is 1. The van der Waals surface area contributed by atoms with Gasteiger partial charge in [-0.25, -0.2) is 0 Å². The third-order valence-electron chi connectivity index (χ3n) is 5.97. The number of unbranched alkanes of at least 4 members (excludes halogenated alkanes) is 1. The number of methoxy groups -OCH3 is 1. The molecule has 4 nitrogen and oxygen atoms in total. The second kappa shape index (κ2) is 11.2. The van der Waals surface area contributed by atoms with E-state index in [1.165, 1.54) is 0 Å². The number of aromatic nitrogens is 1. The quantitative estimate of drug-likeness (QED) is 0.253. The van der Waals surface area contributed by atoms with Gasteiger partial charge in [0.25, 0.3) is 5.56 Å². The number of aliphatic hydroxyl groups is 1. The summed E-state index contributed by atoms with van der Waals surface area (Å²) in [5, 5.41) is 12.5. The van der Waals surface area contributed by atoms with E-state index in [2.05, 4.69) is 13.0 Å². The fourth-order valence-electron chi connectivity index (χ4n) is 4.23. The first-order valence-corrected chi connectivity index (χ1v) is 12.2. The first kappa shape index (κ1) is 25.9. The van der Waals surface area contributed by atoms with Crippen LogP contribution in [0.2, 0.25) is 10.0 Å². The molecule has 3 rings (SSSR count). The zero-order chi connectivity index (χ0) is 25.0. The molecule has 1 N–H and O–H groups in total. The number of fused-ring (bicyclic) bond motifs is 1. The van der Waals surface area contributed by atoms with E-state index >= 15 is 0 Å². The van der Waals surface area contributed by atoms with Crippen molar-refractivity contribution in [2.24, 2.45) is 0 Å². The zero-order valence-corrected chi connectivity index (χ0v) is 21.8. The van der Waals surface area contributed by atoms with Crippen LogP contribution >= 0.6 is 23.2 Å². The average molecular weight is 500 g/mol. The SMILES string of the molecule is CCC/C=C(C)/C(=C(/C)O)c1cc2cc(C)c(=O)n(CCc3ccc(Cl)c(Cl)c3)c2cc1OC. The Morgan fingerprint density at radius 2 is 1.85 bits per heavy atom. The van der Waals surface area contributed by atoms with Gasteiger partial charge in [0.15, 0.2) is 0 Å². The van der Waals surface area contributed by atoms with Crippen LogP contribution in [0.5, 0.6) is 5.75 Å². The number of benzene rings is 2. The highest BCUT2D eigenvalue weighted by molar-refractivity contribution is 6.42. The predicted octanol–water partition coefficient (Wildman–Crippen LogP) is 7.90. The normalized spacial score (nSPS) is 12.7. The molecule has 0 fully saturated rings. The number of allylic oxidation sites excluding steroid dienone is 4. The van der Waals surface area contributed by atoms with Gasteiger partial charge in [-0.15, -0.1) is 0 Å². The molecule has 2 aromatic carbocycles. The van der Waals surface area contributed by atoms with E-state index in [0.29, 0.717) is 34.3 Å². The maximum absolute atomic E-state index is 13.1. The van der Waals surface area contributed by atoms with E-state index in [1.54, 1.807) is 24.7 Å². The number of hydrogen-bond acceptors (Lipinski definition) is 3. The van der Waals surface area contributed by atoms with Crippen molar-refractivity contribution in [2.45, 2.75) is 53.5 Å². The van der Waals surface area contributed by atoms with Crippen molar-refractivity contribution < 1.29 is 9.84 Å². The number of hydrogen-bond donors (Lipinski definition) is 1. The van der Waals surface area contributed by atoms with E-state index in [-0.39, 0.29) is 11.3 Å². The third-order valence-corrected chi connectivity index (χ3v) is 6.71. The number of halogens is 2. The minimum atomic E-state index is -0.0458. The van der Waals surface area contributed by atoms with Crippen LogP contribution in [0.1, 0.15) is 50.3 Å². The summed E-state index contributed by atoms with van der Waals surface area (Å²) in [6, 6.07) is 11.3. The lowest BCUT2D eigenvalue weighted by molar-refractivity contribution is 0.408. The van der Waals surface area contributed by atoms with Crippen LogP contribution in [-0.2, 0) is 13.0 Å². The molecule has 180 valence electrons. The molecule has 0 aliphatic heterocycles. The van der Waals surface area contributed by atoms with Crippen LogP contribution < -0.4 is 10.3 Å². The van der Waals surface area contributed by atoms with E-state index in [0.717, 1.165) is 46.0 Å². The molecule has 0 spiro atoms. The Bertz CT molecular complexity index is 1330. The molecular weight excluding hydrogens is 469 g/mol. The van der Waals surface area contributed by atoms with Crippen LogP contribution in [0.15, 0.2) is 58.6 Å². The van der Waals surface area contributed by atoms with Crippen LogP contribution in [-0.4, -0.2) is 16.8 Å². The highest BCUT2D eigenvalue weighted by atomic mass is 35.5. The van der Waals surface area contributed by atoms with Crippen molar-refractivity contribution in [3.8, 4) is 5.75 Å². The predicted molar refractivity (Wildman–Crippen MR) is 144 cm³/mol. The molecular formula is C28H31Cl2NO3. The molecule has 0 bridgehead atoms. The second-order valence-electron chi connectivity index (χ2n) is 8.53. The van der Waals surface area contributed by atoms with Gasteiger partial charge in [0, 0.05) is 29.3 Å². The molecule has 1 aromatic heterocycles. The summed E-state index contributed by atoms with van der Waals surface area (Å²) in [6.45, 7) is 8.11. The van der Waals surface area contributed by atoms with Crippen LogP contribution in [0.4, 0.5) is 0 Å². The van der Waals surface area contributed by atoms with Crippen molar-refractivity contribution in [3.63, 3.8) is 0 Å². The Morgan fingerprint density at radius 1 is 1.12 bits per heavy atom. The first-order valence-electron chi connectivity index (χ1n) is 11.4. The Morgan fingerprint density at radius 3 is 2.47 bits per heavy atom. The maximum Gasteiger partial charge on any atom is 0.253 e. The monoisotopic (exact) mass is 499 g/mol. The zero-order valence-electron chi connectivity index (χ0n) is 20.3. The summed E-state index contributed by atoms with van der Waals surface area (Å²) in [6.07, 6.45) is 4.70. The molecule has 0 aliphatic rings. The maximum atomic E-state index is 13.1. The summed E-state index contributed by atoms with van der Waals surface area (Å²) in [5.74, 6) is 0.832. The van der Waals surface area contributed by atoms with Gasteiger partial charge in [0.05, 0.1) is 28.4 Å². The lowest BCUT2D eigenvalue weighted by Gasteiger charge is -2.18. The molecule has 0 saturated heterocycles. The summed E-state index contributed by atoms with van der Waals surface area (Å²) < 4.78 is 7.51. The Balaban J connectivity index is 2.15. The molecule has 3 aromatic rings. The van der Waals surface area contributed by atoms with Crippen molar-refractivity contribution in [3.05, 3.63) is 90.9 Å². The van der Waals surface area contributed by atoms with E-state index in [9.17, 15) is 9.90 Å². The number of aliphatic hydroxyl groups excluding tert-OH is 1. The minimum Gasteiger partial charge on any atom is -0.512 e. The lowest BCUT2D eigenvalue weighted by Crippen LogP contribution is -2.23. The largest absolute Gasteiger partial charge is 0.512 e.